The summed E-state index contributed by atoms with van der Waals surface area (Å²) in [6.07, 6.45) is 3.51. The Morgan fingerprint density at radius 1 is 1.12 bits per heavy atom. The van der Waals surface area contributed by atoms with Crippen molar-refractivity contribution >= 4 is 11.8 Å². The van der Waals surface area contributed by atoms with Crippen molar-refractivity contribution in [1.29, 1.82) is 0 Å². The third-order valence-electron chi connectivity index (χ3n) is 5.14. The first-order valence-electron chi connectivity index (χ1n) is 9.01. The number of hydrogen-bond acceptors (Lipinski definition) is 3. The highest BCUT2D eigenvalue weighted by atomic mass is 16.2. The molecule has 2 aliphatic heterocycles. The SMILES string of the molecule is C[C@H]1C[C@@H](C(=O)NC2CCN(C(=O)c3ccccc3)CC2)CCN1. The zero-order valence-corrected chi connectivity index (χ0v) is 14.3. The molecule has 5 heteroatoms. The van der Waals surface area contributed by atoms with Crippen LogP contribution in [0.15, 0.2) is 30.3 Å². The first-order chi connectivity index (χ1) is 11.6. The van der Waals surface area contributed by atoms with Crippen LogP contribution in [0.5, 0.6) is 0 Å². The van der Waals surface area contributed by atoms with Crippen molar-refractivity contribution in [3.05, 3.63) is 35.9 Å². The zero-order valence-electron chi connectivity index (χ0n) is 14.3. The molecule has 0 aliphatic carbocycles. The number of rotatable bonds is 3. The maximum Gasteiger partial charge on any atom is 0.253 e. The molecule has 2 amide bonds. The molecular weight excluding hydrogens is 302 g/mol. The van der Waals surface area contributed by atoms with Gasteiger partial charge in [-0.05, 0) is 51.3 Å². The van der Waals surface area contributed by atoms with E-state index < -0.39 is 0 Å². The number of amides is 2. The van der Waals surface area contributed by atoms with Gasteiger partial charge in [0, 0.05) is 36.7 Å². The van der Waals surface area contributed by atoms with E-state index in [4.69, 9.17) is 0 Å². The third-order valence-corrected chi connectivity index (χ3v) is 5.14. The molecule has 24 heavy (non-hydrogen) atoms. The van der Waals surface area contributed by atoms with E-state index in [2.05, 4.69) is 17.6 Å². The van der Waals surface area contributed by atoms with Crippen molar-refractivity contribution < 1.29 is 9.59 Å². The predicted octanol–water partition coefficient (Wildman–Crippen LogP) is 1.80. The number of carbonyl (C=O) groups is 2. The van der Waals surface area contributed by atoms with Crippen molar-refractivity contribution in [3.8, 4) is 0 Å². The zero-order chi connectivity index (χ0) is 16.9. The lowest BCUT2D eigenvalue weighted by molar-refractivity contribution is -0.127. The second-order valence-electron chi connectivity index (χ2n) is 7.02. The summed E-state index contributed by atoms with van der Waals surface area (Å²) in [4.78, 5) is 26.8. The Kier molecular flexibility index (Phi) is 5.51. The largest absolute Gasteiger partial charge is 0.353 e. The Hall–Kier alpha value is -1.88. The molecule has 0 radical (unpaired) electrons. The number of nitrogens with one attached hydrogen (secondary N) is 2. The molecule has 2 heterocycles. The van der Waals surface area contributed by atoms with Gasteiger partial charge in [-0.1, -0.05) is 18.2 Å². The van der Waals surface area contributed by atoms with E-state index in [9.17, 15) is 9.59 Å². The molecule has 3 rings (SSSR count). The lowest BCUT2D eigenvalue weighted by Gasteiger charge is -2.34. The number of nitrogens with zero attached hydrogens (tertiary/aromatic N) is 1. The van der Waals surface area contributed by atoms with E-state index in [1.165, 1.54) is 0 Å². The third kappa shape index (κ3) is 4.15. The molecular formula is C19H27N3O2. The fraction of sp³-hybridized carbons (Fsp3) is 0.579. The van der Waals surface area contributed by atoms with Crippen molar-refractivity contribution in [2.24, 2.45) is 5.92 Å². The first-order valence-corrected chi connectivity index (χ1v) is 9.01. The molecule has 2 atom stereocenters. The molecule has 0 aromatic heterocycles. The molecule has 130 valence electrons. The molecule has 0 bridgehead atoms. The van der Waals surface area contributed by atoms with Crippen LogP contribution in [-0.4, -0.2) is 48.4 Å². The molecule has 0 unspecified atom stereocenters. The summed E-state index contributed by atoms with van der Waals surface area (Å²) in [6.45, 7) is 4.47. The van der Waals surface area contributed by atoms with Crippen molar-refractivity contribution in [2.75, 3.05) is 19.6 Å². The molecule has 1 aromatic carbocycles. The highest BCUT2D eigenvalue weighted by molar-refractivity contribution is 5.94. The minimum Gasteiger partial charge on any atom is -0.353 e. The summed E-state index contributed by atoms with van der Waals surface area (Å²) < 4.78 is 0. The Morgan fingerprint density at radius 2 is 1.83 bits per heavy atom. The number of benzene rings is 1. The van der Waals surface area contributed by atoms with Crippen LogP contribution in [0.2, 0.25) is 0 Å². The topological polar surface area (TPSA) is 61.4 Å². The molecule has 2 aliphatic rings. The van der Waals surface area contributed by atoms with Crippen LogP contribution >= 0.6 is 0 Å². The van der Waals surface area contributed by atoms with Gasteiger partial charge >= 0.3 is 0 Å². The maximum atomic E-state index is 12.4. The molecule has 2 N–H and O–H groups in total. The molecule has 0 spiro atoms. The Labute approximate surface area is 143 Å². The number of likely N-dealkylation sites (tertiary alicyclic amines) is 1. The fourth-order valence-electron chi connectivity index (χ4n) is 3.68. The number of carbonyl (C=O) groups excluding carboxylic acids is 2. The normalized spacial score (nSPS) is 25.3. The molecule has 2 saturated heterocycles. The van der Waals surface area contributed by atoms with E-state index in [0.29, 0.717) is 19.1 Å². The summed E-state index contributed by atoms with van der Waals surface area (Å²) in [5.74, 6) is 0.411. The summed E-state index contributed by atoms with van der Waals surface area (Å²) in [5.41, 5.74) is 0.740. The van der Waals surface area contributed by atoms with Gasteiger partial charge in [0.1, 0.15) is 0 Å². The lowest BCUT2D eigenvalue weighted by atomic mass is 9.91. The number of piperidine rings is 2. The second kappa shape index (κ2) is 7.79. The van der Waals surface area contributed by atoms with Gasteiger partial charge in [0.15, 0.2) is 0 Å². The Balaban J connectivity index is 1.47. The van der Waals surface area contributed by atoms with Gasteiger partial charge in [-0.3, -0.25) is 9.59 Å². The molecule has 5 nitrogen and oxygen atoms in total. The predicted molar refractivity (Wildman–Crippen MR) is 93.7 cm³/mol. The minimum atomic E-state index is 0.0903. The van der Waals surface area contributed by atoms with Crippen LogP contribution in [0.3, 0.4) is 0 Å². The van der Waals surface area contributed by atoms with Crippen LogP contribution in [0.4, 0.5) is 0 Å². The van der Waals surface area contributed by atoms with Crippen LogP contribution < -0.4 is 10.6 Å². The second-order valence-corrected chi connectivity index (χ2v) is 7.02. The summed E-state index contributed by atoms with van der Waals surface area (Å²) in [5, 5.41) is 6.58. The lowest BCUT2D eigenvalue weighted by Crippen LogP contribution is -2.49. The van der Waals surface area contributed by atoms with E-state index in [1.54, 1.807) is 0 Å². The highest BCUT2D eigenvalue weighted by Gasteiger charge is 2.29. The smallest absolute Gasteiger partial charge is 0.253 e. The van der Waals surface area contributed by atoms with Gasteiger partial charge in [-0.15, -0.1) is 0 Å². The van der Waals surface area contributed by atoms with Crippen LogP contribution in [-0.2, 0) is 4.79 Å². The van der Waals surface area contributed by atoms with E-state index in [0.717, 1.165) is 37.8 Å². The molecule has 0 saturated carbocycles. The van der Waals surface area contributed by atoms with Crippen molar-refractivity contribution in [3.63, 3.8) is 0 Å². The standard InChI is InChI=1S/C19H27N3O2/c1-14-13-16(7-10-20-14)18(23)21-17-8-11-22(12-9-17)19(24)15-5-3-2-4-6-15/h2-6,14,16-17,20H,7-13H2,1H3,(H,21,23)/t14-,16-/m0/s1. The van der Waals surface area contributed by atoms with Crippen LogP contribution in [0.1, 0.15) is 43.0 Å². The summed E-state index contributed by atoms with van der Waals surface area (Å²) >= 11 is 0. The monoisotopic (exact) mass is 329 g/mol. The van der Waals surface area contributed by atoms with E-state index in [-0.39, 0.29) is 23.8 Å². The minimum absolute atomic E-state index is 0.0903. The van der Waals surface area contributed by atoms with E-state index >= 15 is 0 Å². The Morgan fingerprint density at radius 3 is 2.50 bits per heavy atom. The number of hydrogen-bond donors (Lipinski definition) is 2. The average molecular weight is 329 g/mol. The molecule has 2 fully saturated rings. The highest BCUT2D eigenvalue weighted by Crippen LogP contribution is 2.18. The van der Waals surface area contributed by atoms with Crippen molar-refractivity contribution in [2.45, 2.75) is 44.7 Å². The average Bonchev–Trinajstić information content (AvgIpc) is 2.62. The van der Waals surface area contributed by atoms with Gasteiger partial charge in [0.2, 0.25) is 5.91 Å². The summed E-state index contributed by atoms with van der Waals surface area (Å²) in [7, 11) is 0. The van der Waals surface area contributed by atoms with Gasteiger partial charge < -0.3 is 15.5 Å². The van der Waals surface area contributed by atoms with Gasteiger partial charge in [0.25, 0.3) is 5.91 Å². The van der Waals surface area contributed by atoms with Crippen LogP contribution in [0.25, 0.3) is 0 Å². The van der Waals surface area contributed by atoms with Crippen molar-refractivity contribution in [1.82, 2.24) is 15.5 Å². The fourth-order valence-corrected chi connectivity index (χ4v) is 3.68. The maximum absolute atomic E-state index is 12.4. The van der Waals surface area contributed by atoms with Gasteiger partial charge in [-0.25, -0.2) is 0 Å². The quantitative estimate of drug-likeness (QED) is 0.889. The Bertz CT molecular complexity index is 567. The van der Waals surface area contributed by atoms with Gasteiger partial charge in [-0.2, -0.15) is 0 Å². The van der Waals surface area contributed by atoms with Crippen LogP contribution in [0, 0.1) is 5.92 Å². The van der Waals surface area contributed by atoms with E-state index in [1.807, 2.05) is 35.2 Å². The first kappa shape index (κ1) is 17.0. The van der Waals surface area contributed by atoms with Gasteiger partial charge in [0.05, 0.1) is 0 Å². The molecule has 1 aromatic rings. The summed E-state index contributed by atoms with van der Waals surface area (Å²) in [6, 6.07) is 10.0.